The topological polar surface area (TPSA) is 46.5 Å². The van der Waals surface area contributed by atoms with Gasteiger partial charge in [-0.3, -0.25) is 0 Å². The normalized spacial score (nSPS) is 10.3. The molecule has 0 radical (unpaired) electrons. The summed E-state index contributed by atoms with van der Waals surface area (Å²) in [5.74, 6) is -0.615. The van der Waals surface area contributed by atoms with Gasteiger partial charge in [0.15, 0.2) is 0 Å². The lowest BCUT2D eigenvalue weighted by molar-refractivity contribution is 0.0523. The van der Waals surface area contributed by atoms with Gasteiger partial charge < -0.3 is 9.84 Å². The number of benzene rings is 2. The summed E-state index contributed by atoms with van der Waals surface area (Å²) in [6, 6.07) is 10.6. The van der Waals surface area contributed by atoms with Gasteiger partial charge in [-0.2, -0.15) is 0 Å². The molecule has 0 aromatic heterocycles. The number of ether oxygens (including phenoxy) is 1. The summed E-state index contributed by atoms with van der Waals surface area (Å²) in [6.07, 6.45) is 0. The zero-order valence-corrected chi connectivity index (χ0v) is 13.9. The molecule has 0 aliphatic rings. The molecule has 1 N–H and O–H groups in total. The molecule has 0 heterocycles. The second-order valence-electron chi connectivity index (χ2n) is 4.08. The summed E-state index contributed by atoms with van der Waals surface area (Å²) >= 11 is 6.90. The zero-order valence-electron chi connectivity index (χ0n) is 10.7. The van der Waals surface area contributed by atoms with Crippen LogP contribution in [0.25, 0.3) is 11.1 Å². The third-order valence-corrected chi connectivity index (χ3v) is 3.92. The molecule has 0 unspecified atom stereocenters. The van der Waals surface area contributed by atoms with Crippen LogP contribution < -0.4 is 0 Å². The minimum atomic E-state index is -0.530. The standard InChI is InChI=1S/C15H12Br2O3/c1-2-20-15(19)12-7-9(3-6-14(12)18)11-8-10(16)4-5-13(11)17/h3-8,18H,2H2,1H3. The highest BCUT2D eigenvalue weighted by atomic mass is 79.9. The van der Waals surface area contributed by atoms with E-state index in [0.717, 1.165) is 20.1 Å². The molecule has 0 atom stereocenters. The van der Waals surface area contributed by atoms with Gasteiger partial charge in [0.05, 0.1) is 6.61 Å². The van der Waals surface area contributed by atoms with E-state index in [1.807, 2.05) is 18.2 Å². The van der Waals surface area contributed by atoms with Crippen molar-refractivity contribution in [2.45, 2.75) is 6.92 Å². The van der Waals surface area contributed by atoms with Crippen molar-refractivity contribution in [1.29, 1.82) is 0 Å². The molecule has 2 aromatic carbocycles. The zero-order chi connectivity index (χ0) is 14.7. The first kappa shape index (κ1) is 15.1. The van der Waals surface area contributed by atoms with Crippen LogP contribution >= 0.6 is 31.9 Å². The monoisotopic (exact) mass is 398 g/mol. The highest BCUT2D eigenvalue weighted by molar-refractivity contribution is 9.11. The first-order valence-corrected chi connectivity index (χ1v) is 7.57. The molecule has 0 amide bonds. The Labute approximate surface area is 133 Å². The SMILES string of the molecule is CCOC(=O)c1cc(-c2cc(Br)ccc2Br)ccc1O. The Hall–Kier alpha value is -1.33. The Morgan fingerprint density at radius 1 is 1.20 bits per heavy atom. The number of carbonyl (C=O) groups is 1. The van der Waals surface area contributed by atoms with Crippen LogP contribution in [0.4, 0.5) is 0 Å². The Morgan fingerprint density at radius 2 is 1.95 bits per heavy atom. The number of halogens is 2. The van der Waals surface area contributed by atoms with E-state index in [2.05, 4.69) is 31.9 Å². The maximum atomic E-state index is 11.8. The smallest absolute Gasteiger partial charge is 0.341 e. The molecule has 0 aliphatic heterocycles. The summed E-state index contributed by atoms with van der Waals surface area (Å²) in [5, 5.41) is 9.78. The molecule has 20 heavy (non-hydrogen) atoms. The van der Waals surface area contributed by atoms with Gasteiger partial charge in [-0.05, 0) is 48.4 Å². The number of esters is 1. The Balaban J connectivity index is 2.51. The van der Waals surface area contributed by atoms with E-state index in [-0.39, 0.29) is 17.9 Å². The van der Waals surface area contributed by atoms with Crippen LogP contribution in [0.1, 0.15) is 17.3 Å². The number of phenolic OH excluding ortho intramolecular Hbond substituents is 1. The largest absolute Gasteiger partial charge is 0.507 e. The Kier molecular flexibility index (Phi) is 4.83. The summed E-state index contributed by atoms with van der Waals surface area (Å²) in [4.78, 5) is 11.8. The van der Waals surface area contributed by atoms with Gasteiger partial charge in [0.2, 0.25) is 0 Å². The summed E-state index contributed by atoms with van der Waals surface area (Å²) in [7, 11) is 0. The first-order valence-electron chi connectivity index (χ1n) is 5.98. The maximum Gasteiger partial charge on any atom is 0.341 e. The van der Waals surface area contributed by atoms with Gasteiger partial charge in [-0.1, -0.05) is 37.9 Å². The van der Waals surface area contributed by atoms with Gasteiger partial charge in [0.1, 0.15) is 11.3 Å². The fraction of sp³-hybridized carbons (Fsp3) is 0.133. The molecule has 104 valence electrons. The van der Waals surface area contributed by atoms with Gasteiger partial charge in [0, 0.05) is 8.95 Å². The van der Waals surface area contributed by atoms with E-state index in [9.17, 15) is 9.90 Å². The molecule has 0 bridgehead atoms. The van der Waals surface area contributed by atoms with E-state index in [1.54, 1.807) is 19.1 Å². The quantitative estimate of drug-likeness (QED) is 0.756. The molecule has 0 spiro atoms. The fourth-order valence-electron chi connectivity index (χ4n) is 1.79. The van der Waals surface area contributed by atoms with E-state index in [1.165, 1.54) is 6.07 Å². The third-order valence-electron chi connectivity index (χ3n) is 2.73. The maximum absolute atomic E-state index is 11.8. The number of rotatable bonds is 3. The highest BCUT2D eigenvalue weighted by Crippen LogP contribution is 2.33. The lowest BCUT2D eigenvalue weighted by atomic mass is 10.0. The van der Waals surface area contributed by atoms with Crippen LogP contribution in [0.5, 0.6) is 5.75 Å². The molecule has 0 saturated heterocycles. The van der Waals surface area contributed by atoms with Crippen LogP contribution in [-0.2, 0) is 4.74 Å². The highest BCUT2D eigenvalue weighted by Gasteiger charge is 2.14. The van der Waals surface area contributed by atoms with Gasteiger partial charge in [-0.15, -0.1) is 0 Å². The molecule has 5 heteroatoms. The lowest BCUT2D eigenvalue weighted by Gasteiger charge is -2.09. The van der Waals surface area contributed by atoms with E-state index in [0.29, 0.717) is 0 Å². The minimum absolute atomic E-state index is 0.0849. The van der Waals surface area contributed by atoms with E-state index in [4.69, 9.17) is 4.74 Å². The first-order chi connectivity index (χ1) is 9.52. The second-order valence-corrected chi connectivity index (χ2v) is 5.85. The van der Waals surface area contributed by atoms with Gasteiger partial charge >= 0.3 is 5.97 Å². The summed E-state index contributed by atoms with van der Waals surface area (Å²) < 4.78 is 6.77. The molecule has 3 nitrogen and oxygen atoms in total. The fourth-order valence-corrected chi connectivity index (χ4v) is 2.63. The molecule has 2 rings (SSSR count). The van der Waals surface area contributed by atoms with Crippen molar-refractivity contribution in [3.05, 3.63) is 50.9 Å². The summed E-state index contributed by atoms with van der Waals surface area (Å²) in [6.45, 7) is 1.99. The number of phenols is 1. The lowest BCUT2D eigenvalue weighted by Crippen LogP contribution is -2.05. The minimum Gasteiger partial charge on any atom is -0.507 e. The number of carbonyl (C=O) groups excluding carboxylic acids is 1. The average Bonchev–Trinajstić information content (AvgIpc) is 2.42. The van der Waals surface area contributed by atoms with Crippen molar-refractivity contribution >= 4 is 37.8 Å². The van der Waals surface area contributed by atoms with Crippen LogP contribution in [0, 0.1) is 0 Å². The van der Waals surface area contributed by atoms with Crippen molar-refractivity contribution in [2.75, 3.05) is 6.61 Å². The average molecular weight is 400 g/mol. The van der Waals surface area contributed by atoms with Crippen LogP contribution in [0.15, 0.2) is 45.3 Å². The molecule has 0 fully saturated rings. The molecule has 0 aliphatic carbocycles. The van der Waals surface area contributed by atoms with Crippen molar-refractivity contribution < 1.29 is 14.6 Å². The number of aromatic hydroxyl groups is 1. The van der Waals surface area contributed by atoms with Crippen molar-refractivity contribution in [1.82, 2.24) is 0 Å². The Bertz CT molecular complexity index is 654. The van der Waals surface area contributed by atoms with E-state index < -0.39 is 5.97 Å². The van der Waals surface area contributed by atoms with Gasteiger partial charge in [0.25, 0.3) is 0 Å². The van der Waals surface area contributed by atoms with Crippen molar-refractivity contribution in [3.63, 3.8) is 0 Å². The van der Waals surface area contributed by atoms with Crippen molar-refractivity contribution in [3.8, 4) is 16.9 Å². The molecular weight excluding hydrogens is 388 g/mol. The molecular formula is C15H12Br2O3. The molecule has 0 saturated carbocycles. The van der Waals surface area contributed by atoms with Crippen LogP contribution in [0.3, 0.4) is 0 Å². The van der Waals surface area contributed by atoms with Crippen molar-refractivity contribution in [2.24, 2.45) is 0 Å². The van der Waals surface area contributed by atoms with Crippen LogP contribution in [-0.4, -0.2) is 17.7 Å². The third kappa shape index (κ3) is 3.22. The molecule has 2 aromatic rings. The summed E-state index contributed by atoms with van der Waals surface area (Å²) in [5.41, 5.74) is 1.90. The second kappa shape index (κ2) is 6.41. The van der Waals surface area contributed by atoms with Gasteiger partial charge in [-0.25, -0.2) is 4.79 Å². The number of hydrogen-bond acceptors (Lipinski definition) is 3. The van der Waals surface area contributed by atoms with E-state index >= 15 is 0 Å². The number of hydrogen-bond donors (Lipinski definition) is 1. The van der Waals surface area contributed by atoms with Crippen LogP contribution in [0.2, 0.25) is 0 Å². The predicted molar refractivity (Wildman–Crippen MR) is 84.9 cm³/mol. The Morgan fingerprint density at radius 3 is 2.65 bits per heavy atom. The predicted octanol–water partition coefficient (Wildman–Crippen LogP) is 4.76.